The van der Waals surface area contributed by atoms with Crippen molar-refractivity contribution < 1.29 is 54.7 Å². The molecule has 18 heteroatoms. The van der Waals surface area contributed by atoms with Crippen LogP contribution in [0.3, 0.4) is 0 Å². The predicted molar refractivity (Wildman–Crippen MR) is 212 cm³/mol. The van der Waals surface area contributed by atoms with E-state index in [4.69, 9.17) is 18.9 Å². The summed E-state index contributed by atoms with van der Waals surface area (Å²) >= 11 is 0. The molecule has 318 valence electrons. The van der Waals surface area contributed by atoms with E-state index in [1.807, 2.05) is 42.6 Å². The van der Waals surface area contributed by atoms with Crippen LogP contribution >= 0.6 is 0 Å². The number of ether oxygens (including phenoxy) is 2. The molecule has 2 saturated carbocycles. The number of halogens is 3. The highest BCUT2D eigenvalue weighted by atomic mass is 32.2. The van der Waals surface area contributed by atoms with Crippen LogP contribution in [0.25, 0.3) is 33.3 Å². The lowest BCUT2D eigenvalue weighted by Gasteiger charge is -2.30. The van der Waals surface area contributed by atoms with Crippen molar-refractivity contribution in [3.8, 4) is 22.8 Å². The average molecular weight is 852 g/mol. The van der Waals surface area contributed by atoms with Crippen molar-refractivity contribution in [2.75, 3.05) is 13.7 Å². The largest absolute Gasteiger partial charge is 0.497 e. The Bertz CT molecular complexity index is 2500. The van der Waals surface area contributed by atoms with Crippen molar-refractivity contribution in [1.82, 2.24) is 25.2 Å². The number of allylic oxidation sites excluding steroid dienone is 1. The molecule has 2 aromatic carbocycles. The van der Waals surface area contributed by atoms with Gasteiger partial charge in [-0.1, -0.05) is 54.8 Å². The number of pyridine rings is 1. The van der Waals surface area contributed by atoms with E-state index in [2.05, 4.69) is 10.0 Å². The Morgan fingerprint density at radius 2 is 1.80 bits per heavy atom. The lowest BCUT2D eigenvalue weighted by atomic mass is 10.0. The average Bonchev–Trinajstić information content (AvgIpc) is 4.11. The van der Waals surface area contributed by atoms with Crippen LogP contribution in [0, 0.1) is 12.8 Å². The van der Waals surface area contributed by atoms with Crippen LogP contribution in [0.15, 0.2) is 65.1 Å². The number of furan rings is 1. The first-order valence-corrected chi connectivity index (χ1v) is 21.5. The summed E-state index contributed by atoms with van der Waals surface area (Å²) in [6, 6.07) is 11.5. The molecule has 0 unspecified atom stereocenters. The lowest BCUT2D eigenvalue weighted by Crippen LogP contribution is -2.58. The number of fused-ring (bicyclic) bond motifs is 5. The molecular weight excluding hydrogens is 808 g/mol. The molecule has 4 aromatic rings. The number of aryl methyl sites for hydroxylation is 1. The maximum Gasteiger partial charge on any atom is 0.471 e. The number of benzene rings is 2. The Morgan fingerprint density at radius 3 is 2.52 bits per heavy atom. The summed E-state index contributed by atoms with van der Waals surface area (Å²) < 4.78 is 86.9. The fourth-order valence-corrected chi connectivity index (χ4v) is 9.40. The Hall–Kier alpha value is -5.65. The molecule has 2 aromatic heterocycles. The van der Waals surface area contributed by atoms with E-state index < -0.39 is 74.7 Å². The first-order valence-electron chi connectivity index (χ1n) is 19.9. The smallest absolute Gasteiger partial charge is 0.471 e. The zero-order valence-electron chi connectivity index (χ0n) is 32.8. The second kappa shape index (κ2) is 15.7. The number of rotatable bonds is 8. The second-order valence-electron chi connectivity index (χ2n) is 16.0. The first-order chi connectivity index (χ1) is 28.6. The third-order valence-corrected chi connectivity index (χ3v) is 13.5. The third kappa shape index (κ3) is 8.25. The van der Waals surface area contributed by atoms with Crippen molar-refractivity contribution in [3.63, 3.8) is 0 Å². The van der Waals surface area contributed by atoms with Gasteiger partial charge in [0.05, 0.1) is 30.0 Å². The summed E-state index contributed by atoms with van der Waals surface area (Å²) in [5.74, 6) is -4.79. The zero-order chi connectivity index (χ0) is 42.6. The van der Waals surface area contributed by atoms with Gasteiger partial charge in [0.25, 0.3) is 5.91 Å². The van der Waals surface area contributed by atoms with Gasteiger partial charge in [0, 0.05) is 24.0 Å². The van der Waals surface area contributed by atoms with E-state index >= 15 is 0 Å². The van der Waals surface area contributed by atoms with Gasteiger partial charge in [-0.2, -0.15) is 13.2 Å². The first kappa shape index (κ1) is 41.1. The van der Waals surface area contributed by atoms with Gasteiger partial charge in [0.1, 0.15) is 40.6 Å². The topological polar surface area (TPSA) is 186 Å². The maximum absolute atomic E-state index is 14.5. The summed E-state index contributed by atoms with van der Waals surface area (Å²) in [6.45, 7) is 1.65. The van der Waals surface area contributed by atoms with Gasteiger partial charge in [-0.3, -0.25) is 23.9 Å². The number of methoxy groups -OCH3 is 1. The van der Waals surface area contributed by atoms with Gasteiger partial charge in [-0.05, 0) is 63.6 Å². The molecule has 8 rings (SSSR count). The second-order valence-corrected chi connectivity index (χ2v) is 18.0. The fourth-order valence-electron chi connectivity index (χ4n) is 8.04. The highest BCUT2D eigenvalue weighted by molar-refractivity contribution is 7.91. The normalized spacial score (nSPS) is 25.6. The monoisotopic (exact) mass is 851 g/mol. The molecule has 0 spiro atoms. The number of nitrogens with zero attached hydrogens (tertiary/aromatic N) is 2. The molecule has 0 bridgehead atoms. The van der Waals surface area contributed by atoms with E-state index in [9.17, 15) is 40.8 Å². The minimum atomic E-state index is -5.28. The highest BCUT2D eigenvalue weighted by Gasteiger charge is 2.62. The van der Waals surface area contributed by atoms with Gasteiger partial charge in [0.15, 0.2) is 11.3 Å². The molecule has 14 nitrogen and oxygen atoms in total. The zero-order valence-corrected chi connectivity index (χ0v) is 33.7. The molecule has 4 heterocycles. The van der Waals surface area contributed by atoms with Crippen molar-refractivity contribution in [2.45, 2.75) is 99.9 Å². The molecule has 4 aliphatic rings. The van der Waals surface area contributed by atoms with Gasteiger partial charge < -0.3 is 29.4 Å². The molecular formula is C42H44F3N5O9S. The van der Waals surface area contributed by atoms with E-state index in [0.29, 0.717) is 60.0 Å². The van der Waals surface area contributed by atoms with Gasteiger partial charge in [-0.15, -0.1) is 0 Å². The third-order valence-electron chi connectivity index (χ3n) is 11.6. The van der Waals surface area contributed by atoms with Crippen LogP contribution in [0.4, 0.5) is 13.2 Å². The summed E-state index contributed by atoms with van der Waals surface area (Å²) in [5.41, 5.74) is 1.79. The number of nitrogens with one attached hydrogen (secondary N) is 3. The summed E-state index contributed by atoms with van der Waals surface area (Å²) in [6.07, 6.45) is -0.220. The lowest BCUT2D eigenvalue weighted by molar-refractivity contribution is -0.175. The summed E-state index contributed by atoms with van der Waals surface area (Å²) in [7, 11) is -2.47. The standard InChI is InChI=1S/C42H44F3N5O9S/c1-23-10-12-24(13-11-23)31-20-34(36-35(46-31)29-18-26(57-2)14-17-33(29)59-36)58-27-19-32-37(51)48-41(39(53)49-60(55,56)28-15-16-28)21-25(41)8-6-4-3-5-7-9-30(38(52)50(32)22-27)47-40(54)42(43,44)45/h6,8,10-14,17-18,20,25,27-28,30,32H,3-5,7,9,15-16,19,21-22H2,1-2H3,(H,47,54)(H,48,51)(H,49,53)/b8-6-/t25-,27+,30-,32-,41+/m0/s1. The van der Waals surface area contributed by atoms with Crippen LogP contribution in [0.2, 0.25) is 0 Å². The number of hydrogen-bond acceptors (Lipinski definition) is 10. The number of aromatic nitrogens is 1. The van der Waals surface area contributed by atoms with Crippen molar-refractivity contribution in [1.29, 1.82) is 0 Å². The quantitative estimate of drug-likeness (QED) is 0.195. The number of alkyl halides is 3. The Labute approximate surface area is 343 Å². The number of hydrogen-bond donors (Lipinski definition) is 3. The molecule has 2 aliphatic heterocycles. The number of sulfonamides is 1. The number of amides is 4. The minimum Gasteiger partial charge on any atom is -0.497 e. The van der Waals surface area contributed by atoms with E-state index in [1.54, 1.807) is 30.3 Å². The van der Waals surface area contributed by atoms with Crippen LogP contribution in [-0.4, -0.2) is 90.7 Å². The van der Waals surface area contributed by atoms with Crippen molar-refractivity contribution in [3.05, 3.63) is 66.2 Å². The predicted octanol–water partition coefficient (Wildman–Crippen LogP) is 5.36. The molecule has 1 saturated heterocycles. The summed E-state index contributed by atoms with van der Waals surface area (Å²) in [4.78, 5) is 60.9. The van der Waals surface area contributed by atoms with Crippen LogP contribution in [0.5, 0.6) is 11.5 Å². The van der Waals surface area contributed by atoms with E-state index in [-0.39, 0.29) is 43.6 Å². The van der Waals surface area contributed by atoms with E-state index in [1.165, 1.54) is 7.11 Å². The molecule has 0 radical (unpaired) electrons. The molecule has 4 amide bonds. The van der Waals surface area contributed by atoms with Crippen LogP contribution < -0.4 is 24.8 Å². The number of carbonyl (C=O) groups excluding carboxylic acids is 4. The van der Waals surface area contributed by atoms with E-state index in [0.717, 1.165) is 16.0 Å². The van der Waals surface area contributed by atoms with Gasteiger partial charge in [0.2, 0.25) is 21.8 Å². The van der Waals surface area contributed by atoms with Gasteiger partial charge in [-0.25, -0.2) is 13.4 Å². The fraction of sp³-hybridized carbons (Fsp3) is 0.452. The van der Waals surface area contributed by atoms with Crippen LogP contribution in [-0.2, 0) is 29.2 Å². The molecule has 5 atom stereocenters. The molecule has 60 heavy (non-hydrogen) atoms. The SMILES string of the molecule is COc1ccc2oc3c(O[C@@H]4C[C@H]5C(=O)N[C@]6(C(=O)NS(=O)(=O)C7CC7)C[C@@H]6/C=C\CCCCC[C@H](NC(=O)C(F)(F)F)C(=O)N5C4)cc(-c4ccc(C)cc4)nc3c2c1. The maximum atomic E-state index is 14.5. The van der Waals surface area contributed by atoms with Crippen LogP contribution in [0.1, 0.15) is 63.4 Å². The highest BCUT2D eigenvalue weighted by Crippen LogP contribution is 2.46. The minimum absolute atomic E-state index is 0.0831. The molecule has 3 N–H and O–H groups in total. The Balaban J connectivity index is 1.16. The van der Waals surface area contributed by atoms with Crippen molar-refractivity contribution >= 4 is 55.7 Å². The Kier molecular flexibility index (Phi) is 10.8. The van der Waals surface area contributed by atoms with Crippen molar-refractivity contribution in [2.24, 2.45) is 5.92 Å². The molecule has 2 aliphatic carbocycles. The summed E-state index contributed by atoms with van der Waals surface area (Å²) in [5, 5.41) is 4.50. The molecule has 3 fully saturated rings. The number of carbonyl (C=O) groups is 4. The van der Waals surface area contributed by atoms with Gasteiger partial charge >= 0.3 is 12.1 Å². The Morgan fingerprint density at radius 1 is 1.03 bits per heavy atom.